The largest absolute Gasteiger partial charge is 0.467 e. The Morgan fingerprint density at radius 1 is 0.900 bits per heavy atom. The molecular weight excluding hydrogens is 536 g/mol. The number of nitrogens with one attached hydrogen (secondary N) is 2. The maximum atomic E-state index is 13.4. The lowest BCUT2D eigenvalue weighted by molar-refractivity contribution is -0.145. The summed E-state index contributed by atoms with van der Waals surface area (Å²) in [7, 11) is 2.52. The fraction of sp³-hybridized carbons (Fsp3) is 0.621. The Morgan fingerprint density at radius 2 is 1.48 bits per heavy atom. The van der Waals surface area contributed by atoms with E-state index in [2.05, 4.69) is 10.6 Å². The second-order valence-electron chi connectivity index (χ2n) is 11.2. The lowest BCUT2D eigenvalue weighted by Crippen LogP contribution is -2.45. The second-order valence-corrected chi connectivity index (χ2v) is 12.3. The number of carbonyl (C=O) groups excluding carboxylic acids is 5. The number of methoxy groups -OCH3 is 2. The lowest BCUT2D eigenvalue weighted by atomic mass is 9.89. The van der Waals surface area contributed by atoms with Gasteiger partial charge in [0.25, 0.3) is 0 Å². The van der Waals surface area contributed by atoms with E-state index in [1.807, 2.05) is 34.6 Å². The molecular formula is C29H44N2O8S. The predicted molar refractivity (Wildman–Crippen MR) is 154 cm³/mol. The van der Waals surface area contributed by atoms with Crippen LogP contribution in [0.1, 0.15) is 72.3 Å². The fourth-order valence-corrected chi connectivity index (χ4v) is 4.93. The third-order valence-electron chi connectivity index (χ3n) is 5.72. The number of rotatable bonds is 15. The summed E-state index contributed by atoms with van der Waals surface area (Å²) in [5, 5.41) is 5.55. The number of hydrogen-bond acceptors (Lipinski definition) is 9. The molecule has 0 saturated heterocycles. The van der Waals surface area contributed by atoms with Gasteiger partial charge in [-0.3, -0.25) is 14.4 Å². The molecule has 2 amide bonds. The maximum Gasteiger partial charge on any atom is 0.329 e. The zero-order valence-corrected chi connectivity index (χ0v) is 25.6. The first-order chi connectivity index (χ1) is 18.7. The Morgan fingerprint density at radius 3 is 1.98 bits per heavy atom. The van der Waals surface area contributed by atoms with Crippen LogP contribution in [0.15, 0.2) is 24.3 Å². The summed E-state index contributed by atoms with van der Waals surface area (Å²) < 4.78 is 14.8. The number of esters is 3. The molecule has 2 N–H and O–H groups in total. The van der Waals surface area contributed by atoms with E-state index in [9.17, 15) is 24.0 Å². The molecule has 0 aliphatic rings. The highest BCUT2D eigenvalue weighted by molar-refractivity contribution is 7.99. The standard InChI is InChI=1S/C29H44N2O8S/c1-18(2)15-22(20-9-11-21(12-10-20)39-19(3)32)26(34)31-24(28(36)38-8)17-40-14-13-23(27(35)37-7)30-25(33)16-29(4,5)6/h9-12,18,22-24H,13-17H2,1-8H3,(H,30,33)(H,31,34)/t22-,23?,24?/m1/s1. The van der Waals surface area contributed by atoms with Crippen LogP contribution in [0, 0.1) is 11.3 Å². The predicted octanol–water partition coefficient (Wildman–Crippen LogP) is 3.62. The summed E-state index contributed by atoms with van der Waals surface area (Å²) in [6.07, 6.45) is 1.09. The zero-order chi connectivity index (χ0) is 30.5. The van der Waals surface area contributed by atoms with Gasteiger partial charge in [-0.25, -0.2) is 9.59 Å². The fourth-order valence-electron chi connectivity index (χ4n) is 3.90. The van der Waals surface area contributed by atoms with Crippen molar-refractivity contribution in [1.29, 1.82) is 0 Å². The van der Waals surface area contributed by atoms with E-state index in [0.29, 0.717) is 24.3 Å². The third-order valence-corrected chi connectivity index (χ3v) is 6.81. The molecule has 40 heavy (non-hydrogen) atoms. The van der Waals surface area contributed by atoms with E-state index in [4.69, 9.17) is 14.2 Å². The second kappa shape index (κ2) is 16.9. The Labute approximate surface area is 241 Å². The van der Waals surface area contributed by atoms with Gasteiger partial charge in [-0.05, 0) is 47.6 Å². The Bertz CT molecular complexity index is 1000. The number of hydrogen-bond donors (Lipinski definition) is 2. The van der Waals surface area contributed by atoms with Crippen LogP contribution in [0.5, 0.6) is 5.75 Å². The molecule has 0 heterocycles. The van der Waals surface area contributed by atoms with E-state index >= 15 is 0 Å². The molecule has 0 aromatic heterocycles. The lowest BCUT2D eigenvalue weighted by Gasteiger charge is -2.23. The summed E-state index contributed by atoms with van der Waals surface area (Å²) in [5.74, 6) is -1.47. The van der Waals surface area contributed by atoms with Crippen LogP contribution in [0.2, 0.25) is 0 Å². The first-order valence-electron chi connectivity index (χ1n) is 13.3. The molecule has 1 rings (SSSR count). The molecule has 10 nitrogen and oxygen atoms in total. The van der Waals surface area contributed by atoms with Crippen molar-refractivity contribution in [2.45, 2.75) is 78.8 Å². The molecule has 1 aromatic rings. The molecule has 224 valence electrons. The first kappa shape index (κ1) is 34.9. The van der Waals surface area contributed by atoms with Crippen molar-refractivity contribution in [2.75, 3.05) is 25.7 Å². The van der Waals surface area contributed by atoms with Crippen LogP contribution < -0.4 is 15.4 Å². The number of amides is 2. The Kier molecular flexibility index (Phi) is 14.8. The molecule has 0 saturated carbocycles. The van der Waals surface area contributed by atoms with Crippen molar-refractivity contribution in [3.63, 3.8) is 0 Å². The molecule has 0 aliphatic carbocycles. The van der Waals surface area contributed by atoms with Crippen LogP contribution in [0.25, 0.3) is 0 Å². The van der Waals surface area contributed by atoms with Gasteiger partial charge in [0, 0.05) is 19.1 Å². The first-order valence-corrected chi connectivity index (χ1v) is 14.4. The molecule has 1 aromatic carbocycles. The molecule has 2 unspecified atom stereocenters. The molecule has 11 heteroatoms. The number of benzene rings is 1. The molecule has 0 bridgehead atoms. The van der Waals surface area contributed by atoms with Gasteiger partial charge in [0.15, 0.2) is 0 Å². The van der Waals surface area contributed by atoms with Crippen molar-refractivity contribution in [3.05, 3.63) is 29.8 Å². The topological polar surface area (TPSA) is 137 Å². The summed E-state index contributed by atoms with van der Waals surface area (Å²) in [6, 6.07) is 4.99. The van der Waals surface area contributed by atoms with Gasteiger partial charge in [0.1, 0.15) is 17.8 Å². The van der Waals surface area contributed by atoms with Gasteiger partial charge in [0.2, 0.25) is 11.8 Å². The van der Waals surface area contributed by atoms with E-state index in [-0.39, 0.29) is 35.3 Å². The average Bonchev–Trinajstić information content (AvgIpc) is 2.86. The molecule has 0 aliphatic heterocycles. The van der Waals surface area contributed by atoms with Crippen LogP contribution in [-0.4, -0.2) is 67.5 Å². The Hall–Kier alpha value is -3.08. The third kappa shape index (κ3) is 13.3. The van der Waals surface area contributed by atoms with Crippen molar-refractivity contribution in [3.8, 4) is 5.75 Å². The van der Waals surface area contributed by atoms with Crippen molar-refractivity contribution < 1.29 is 38.2 Å². The van der Waals surface area contributed by atoms with E-state index in [1.54, 1.807) is 24.3 Å². The van der Waals surface area contributed by atoms with Crippen LogP contribution >= 0.6 is 11.8 Å². The number of ether oxygens (including phenoxy) is 3. The Balaban J connectivity index is 2.88. The molecule has 0 spiro atoms. The summed E-state index contributed by atoms with van der Waals surface area (Å²) >= 11 is 1.35. The van der Waals surface area contributed by atoms with Crippen LogP contribution in [0.4, 0.5) is 0 Å². The normalized spacial score (nSPS) is 13.5. The van der Waals surface area contributed by atoms with Crippen molar-refractivity contribution in [1.82, 2.24) is 10.6 Å². The quantitative estimate of drug-likeness (QED) is 0.181. The van der Waals surface area contributed by atoms with Gasteiger partial charge < -0.3 is 24.8 Å². The summed E-state index contributed by atoms with van der Waals surface area (Å²) in [6.45, 7) is 11.1. The summed E-state index contributed by atoms with van der Waals surface area (Å²) in [4.78, 5) is 61.6. The van der Waals surface area contributed by atoms with E-state index in [0.717, 1.165) is 5.56 Å². The van der Waals surface area contributed by atoms with Crippen molar-refractivity contribution in [2.24, 2.45) is 11.3 Å². The highest BCUT2D eigenvalue weighted by Gasteiger charge is 2.29. The van der Waals surface area contributed by atoms with Gasteiger partial charge in [0.05, 0.1) is 20.1 Å². The number of carbonyl (C=O) groups is 5. The SMILES string of the molecule is COC(=O)C(CCSCC(NC(=O)[C@H](CC(C)C)c1ccc(OC(C)=O)cc1)C(=O)OC)NC(=O)CC(C)(C)C. The highest BCUT2D eigenvalue weighted by atomic mass is 32.2. The zero-order valence-electron chi connectivity index (χ0n) is 24.8. The number of thioether (sulfide) groups is 1. The summed E-state index contributed by atoms with van der Waals surface area (Å²) in [5.41, 5.74) is 0.494. The average molecular weight is 581 g/mol. The highest BCUT2D eigenvalue weighted by Crippen LogP contribution is 2.27. The molecule has 3 atom stereocenters. The minimum Gasteiger partial charge on any atom is -0.467 e. The molecule has 0 fully saturated rings. The van der Waals surface area contributed by atoms with Gasteiger partial charge in [-0.15, -0.1) is 0 Å². The van der Waals surface area contributed by atoms with E-state index < -0.39 is 35.9 Å². The molecule has 0 radical (unpaired) electrons. The van der Waals surface area contributed by atoms with Crippen molar-refractivity contribution >= 4 is 41.5 Å². The minimum absolute atomic E-state index is 0.193. The van der Waals surface area contributed by atoms with Gasteiger partial charge in [-0.2, -0.15) is 11.8 Å². The smallest absolute Gasteiger partial charge is 0.329 e. The minimum atomic E-state index is -0.912. The van der Waals surface area contributed by atoms with Crippen LogP contribution in [0.3, 0.4) is 0 Å². The van der Waals surface area contributed by atoms with Gasteiger partial charge in [-0.1, -0.05) is 46.8 Å². The van der Waals surface area contributed by atoms with E-state index in [1.165, 1.54) is 32.9 Å². The van der Waals surface area contributed by atoms with Gasteiger partial charge >= 0.3 is 17.9 Å². The maximum absolute atomic E-state index is 13.4. The monoisotopic (exact) mass is 580 g/mol. The van der Waals surface area contributed by atoms with Crippen LogP contribution in [-0.2, 0) is 33.4 Å².